The SMILES string of the molecule is CCCNC(C)(C#N)CC(C)Oc1ccc(OCC)cc1. The van der Waals surface area contributed by atoms with Crippen LogP contribution in [-0.2, 0) is 0 Å². The lowest BCUT2D eigenvalue weighted by atomic mass is 9.96. The predicted octanol–water partition coefficient (Wildman–Crippen LogP) is 3.52. The number of rotatable bonds is 9. The molecule has 2 atom stereocenters. The lowest BCUT2D eigenvalue weighted by Gasteiger charge is -2.27. The van der Waals surface area contributed by atoms with Crippen LogP contribution < -0.4 is 14.8 Å². The zero-order chi connectivity index (χ0) is 15.7. The number of nitrogens with zero attached hydrogens (tertiary/aromatic N) is 1. The van der Waals surface area contributed by atoms with Crippen LogP contribution in [0.5, 0.6) is 11.5 Å². The van der Waals surface area contributed by atoms with Gasteiger partial charge in [-0.2, -0.15) is 5.26 Å². The van der Waals surface area contributed by atoms with Gasteiger partial charge in [0.05, 0.1) is 18.8 Å². The molecule has 4 heteroatoms. The van der Waals surface area contributed by atoms with E-state index < -0.39 is 5.54 Å². The Morgan fingerprint density at radius 2 is 1.86 bits per heavy atom. The Hall–Kier alpha value is -1.73. The molecule has 0 spiro atoms. The highest BCUT2D eigenvalue weighted by molar-refractivity contribution is 5.31. The van der Waals surface area contributed by atoms with E-state index in [0.717, 1.165) is 24.5 Å². The van der Waals surface area contributed by atoms with Crippen LogP contribution in [0.15, 0.2) is 24.3 Å². The largest absolute Gasteiger partial charge is 0.494 e. The van der Waals surface area contributed by atoms with Crippen LogP contribution in [0, 0.1) is 11.3 Å². The molecule has 0 aliphatic rings. The van der Waals surface area contributed by atoms with E-state index in [4.69, 9.17) is 9.47 Å². The maximum atomic E-state index is 9.34. The summed E-state index contributed by atoms with van der Waals surface area (Å²) in [6.45, 7) is 9.43. The molecule has 21 heavy (non-hydrogen) atoms. The zero-order valence-corrected chi connectivity index (χ0v) is 13.5. The fraction of sp³-hybridized carbons (Fsp3) is 0.588. The van der Waals surface area contributed by atoms with E-state index in [9.17, 15) is 5.26 Å². The molecule has 1 aromatic rings. The number of hydrogen-bond acceptors (Lipinski definition) is 4. The van der Waals surface area contributed by atoms with Crippen LogP contribution in [0.25, 0.3) is 0 Å². The third kappa shape index (κ3) is 6.05. The van der Waals surface area contributed by atoms with Crippen LogP contribution in [-0.4, -0.2) is 24.8 Å². The molecule has 0 aliphatic carbocycles. The number of benzene rings is 1. The first-order valence-electron chi connectivity index (χ1n) is 7.58. The third-order valence-corrected chi connectivity index (χ3v) is 3.18. The minimum Gasteiger partial charge on any atom is -0.494 e. The fourth-order valence-corrected chi connectivity index (χ4v) is 2.19. The molecular formula is C17H26N2O2. The molecule has 4 nitrogen and oxygen atoms in total. The van der Waals surface area contributed by atoms with Crippen molar-refractivity contribution < 1.29 is 9.47 Å². The number of hydrogen-bond donors (Lipinski definition) is 1. The Labute approximate surface area is 128 Å². The minimum absolute atomic E-state index is 0.0445. The van der Waals surface area contributed by atoms with Gasteiger partial charge in [-0.1, -0.05) is 6.92 Å². The van der Waals surface area contributed by atoms with Crippen molar-refractivity contribution in [3.05, 3.63) is 24.3 Å². The van der Waals surface area contributed by atoms with Crippen LogP contribution >= 0.6 is 0 Å². The summed E-state index contributed by atoms with van der Waals surface area (Å²) in [5, 5.41) is 12.6. The smallest absolute Gasteiger partial charge is 0.119 e. The first-order valence-corrected chi connectivity index (χ1v) is 7.58. The number of ether oxygens (including phenoxy) is 2. The van der Waals surface area contributed by atoms with Gasteiger partial charge in [-0.3, -0.25) is 5.32 Å². The molecule has 0 radical (unpaired) electrons. The Morgan fingerprint density at radius 3 is 2.38 bits per heavy atom. The summed E-state index contributed by atoms with van der Waals surface area (Å²) in [7, 11) is 0. The standard InChI is InChI=1S/C17H26N2O2/c1-5-11-19-17(4,13-18)12-14(3)21-16-9-7-15(8-10-16)20-6-2/h7-10,14,19H,5-6,11-12H2,1-4H3. The van der Waals surface area contributed by atoms with Crippen molar-refractivity contribution in [1.82, 2.24) is 5.32 Å². The molecule has 0 fully saturated rings. The molecule has 0 saturated carbocycles. The van der Waals surface area contributed by atoms with Gasteiger partial charge in [-0.15, -0.1) is 0 Å². The van der Waals surface area contributed by atoms with E-state index in [2.05, 4.69) is 18.3 Å². The van der Waals surface area contributed by atoms with Crippen LogP contribution in [0.1, 0.15) is 40.5 Å². The quantitative estimate of drug-likeness (QED) is 0.756. The van der Waals surface area contributed by atoms with Crippen molar-refractivity contribution in [1.29, 1.82) is 5.26 Å². The van der Waals surface area contributed by atoms with Crippen molar-refractivity contribution >= 4 is 0 Å². The highest BCUT2D eigenvalue weighted by Crippen LogP contribution is 2.21. The second-order valence-electron chi connectivity index (χ2n) is 5.41. The molecule has 0 saturated heterocycles. The Balaban J connectivity index is 2.55. The second-order valence-corrected chi connectivity index (χ2v) is 5.41. The van der Waals surface area contributed by atoms with E-state index in [1.807, 2.05) is 45.0 Å². The van der Waals surface area contributed by atoms with Gasteiger partial charge in [0, 0.05) is 6.42 Å². The lowest BCUT2D eigenvalue weighted by molar-refractivity contribution is 0.179. The summed E-state index contributed by atoms with van der Waals surface area (Å²) < 4.78 is 11.3. The van der Waals surface area contributed by atoms with Gasteiger partial charge in [-0.05, 0) is 58.0 Å². The molecule has 116 valence electrons. The van der Waals surface area contributed by atoms with Gasteiger partial charge < -0.3 is 9.47 Å². The monoisotopic (exact) mass is 290 g/mol. The summed E-state index contributed by atoms with van der Waals surface area (Å²) in [4.78, 5) is 0. The summed E-state index contributed by atoms with van der Waals surface area (Å²) in [6, 6.07) is 9.92. The topological polar surface area (TPSA) is 54.3 Å². The summed E-state index contributed by atoms with van der Waals surface area (Å²) in [6.07, 6.45) is 1.60. The average molecular weight is 290 g/mol. The highest BCUT2D eigenvalue weighted by atomic mass is 16.5. The fourth-order valence-electron chi connectivity index (χ4n) is 2.19. The van der Waals surface area contributed by atoms with Crippen LogP contribution in [0.2, 0.25) is 0 Å². The molecule has 0 aliphatic heterocycles. The van der Waals surface area contributed by atoms with Gasteiger partial charge in [0.15, 0.2) is 0 Å². The van der Waals surface area contributed by atoms with Crippen LogP contribution in [0.4, 0.5) is 0 Å². The normalized spacial score (nSPS) is 14.8. The van der Waals surface area contributed by atoms with E-state index in [0.29, 0.717) is 13.0 Å². The Morgan fingerprint density at radius 1 is 1.24 bits per heavy atom. The van der Waals surface area contributed by atoms with Gasteiger partial charge in [0.2, 0.25) is 0 Å². The van der Waals surface area contributed by atoms with E-state index >= 15 is 0 Å². The minimum atomic E-state index is -0.555. The van der Waals surface area contributed by atoms with Gasteiger partial charge in [0.1, 0.15) is 17.0 Å². The van der Waals surface area contributed by atoms with E-state index in [1.165, 1.54) is 0 Å². The molecule has 1 aromatic carbocycles. The molecule has 2 unspecified atom stereocenters. The molecule has 1 N–H and O–H groups in total. The van der Waals surface area contributed by atoms with Crippen molar-refractivity contribution in [2.75, 3.05) is 13.2 Å². The van der Waals surface area contributed by atoms with Crippen molar-refractivity contribution in [3.8, 4) is 17.6 Å². The van der Waals surface area contributed by atoms with Gasteiger partial charge in [-0.25, -0.2) is 0 Å². The molecular weight excluding hydrogens is 264 g/mol. The molecule has 0 aromatic heterocycles. The van der Waals surface area contributed by atoms with Crippen LogP contribution in [0.3, 0.4) is 0 Å². The zero-order valence-electron chi connectivity index (χ0n) is 13.5. The van der Waals surface area contributed by atoms with E-state index in [1.54, 1.807) is 0 Å². The van der Waals surface area contributed by atoms with E-state index in [-0.39, 0.29) is 6.10 Å². The molecule has 1 rings (SSSR count). The molecule has 0 amide bonds. The third-order valence-electron chi connectivity index (χ3n) is 3.18. The van der Waals surface area contributed by atoms with Crippen molar-refractivity contribution in [2.24, 2.45) is 0 Å². The number of nitriles is 1. The lowest BCUT2D eigenvalue weighted by Crippen LogP contribution is -2.44. The van der Waals surface area contributed by atoms with Gasteiger partial charge >= 0.3 is 0 Å². The maximum absolute atomic E-state index is 9.34. The molecule has 0 bridgehead atoms. The Kier molecular flexibility index (Phi) is 7.04. The maximum Gasteiger partial charge on any atom is 0.119 e. The highest BCUT2D eigenvalue weighted by Gasteiger charge is 2.26. The van der Waals surface area contributed by atoms with Crippen molar-refractivity contribution in [2.45, 2.75) is 52.2 Å². The second kappa shape index (κ2) is 8.53. The van der Waals surface area contributed by atoms with Gasteiger partial charge in [0.25, 0.3) is 0 Å². The summed E-state index contributed by atoms with van der Waals surface area (Å²) >= 11 is 0. The summed E-state index contributed by atoms with van der Waals surface area (Å²) in [5.74, 6) is 1.63. The Bertz CT molecular complexity index is 453. The molecule has 0 heterocycles. The average Bonchev–Trinajstić information content (AvgIpc) is 2.47. The predicted molar refractivity (Wildman–Crippen MR) is 84.6 cm³/mol. The van der Waals surface area contributed by atoms with Crippen molar-refractivity contribution in [3.63, 3.8) is 0 Å². The first kappa shape index (κ1) is 17.3. The summed E-state index contributed by atoms with van der Waals surface area (Å²) in [5.41, 5.74) is -0.555. The number of nitrogens with one attached hydrogen (secondary N) is 1. The first-order chi connectivity index (χ1) is 10.0.